The molecule has 4 fully saturated rings. The van der Waals surface area contributed by atoms with Crippen molar-refractivity contribution in [3.05, 3.63) is 0 Å². The minimum absolute atomic E-state index is 0.158. The van der Waals surface area contributed by atoms with Gasteiger partial charge < -0.3 is 0 Å². The molecule has 3 heterocycles. The van der Waals surface area contributed by atoms with Crippen molar-refractivity contribution in [2.75, 3.05) is 0 Å². The number of hydrogen-bond donors (Lipinski definition) is 6. The Hall–Kier alpha value is -0.0300. The molecular weight excluding hydrogens is 256 g/mol. The quantitative estimate of drug-likeness (QED) is 0.286. The molecule has 0 amide bonds. The zero-order valence-corrected chi connectivity index (χ0v) is 10.9. The average Bonchev–Trinajstić information content (AvgIpc) is 2.97. The number of hydrogen-bond acceptors (Lipinski definition) is 8. The van der Waals surface area contributed by atoms with Crippen LogP contribution in [0.25, 0.3) is 0 Å². The second-order valence-electron chi connectivity index (χ2n) is 5.57. The van der Waals surface area contributed by atoms with E-state index in [2.05, 4.69) is 49.9 Å². The van der Waals surface area contributed by atoms with E-state index in [9.17, 15) is 0 Å². The molecule has 3 aliphatic heterocycles. The van der Waals surface area contributed by atoms with Crippen molar-refractivity contribution >= 4 is 11.6 Å². The van der Waals surface area contributed by atoms with Gasteiger partial charge in [-0.05, 0) is 18.8 Å². The molecule has 0 aromatic heterocycles. The lowest BCUT2D eigenvalue weighted by Crippen LogP contribution is -2.73. The van der Waals surface area contributed by atoms with E-state index in [0.29, 0.717) is 18.0 Å². The summed E-state index contributed by atoms with van der Waals surface area (Å²) in [5.41, 5.74) is 18.9. The fraction of sp³-hybridized carbons (Fsp3) is 1.00. The van der Waals surface area contributed by atoms with Gasteiger partial charge in [-0.15, -0.1) is 11.6 Å². The van der Waals surface area contributed by atoms with E-state index < -0.39 is 0 Å². The highest BCUT2D eigenvalue weighted by Gasteiger charge is 2.54. The summed E-state index contributed by atoms with van der Waals surface area (Å²) in [5, 5.41) is 4.76. The van der Waals surface area contributed by atoms with Crippen molar-refractivity contribution in [3.8, 4) is 0 Å². The first-order valence-corrected chi connectivity index (χ1v) is 6.92. The van der Waals surface area contributed by atoms with Gasteiger partial charge in [0.15, 0.2) is 0 Å². The van der Waals surface area contributed by atoms with Gasteiger partial charge in [-0.3, -0.25) is 0 Å². The first kappa shape index (κ1) is 11.8. The van der Waals surface area contributed by atoms with Crippen molar-refractivity contribution in [2.45, 2.75) is 49.6 Å². The van der Waals surface area contributed by atoms with Crippen molar-refractivity contribution in [1.29, 1.82) is 0 Å². The minimum Gasteiger partial charge on any atom is -0.221 e. The van der Waals surface area contributed by atoms with Crippen LogP contribution >= 0.6 is 11.6 Å². The maximum absolute atomic E-state index is 6.45. The van der Waals surface area contributed by atoms with E-state index >= 15 is 0 Å². The average molecular weight is 275 g/mol. The molecule has 0 radical (unpaired) electrons. The molecule has 0 spiro atoms. The normalized spacial score (nSPS) is 53.0. The lowest BCUT2D eigenvalue weighted by molar-refractivity contribution is -0.0993. The summed E-state index contributed by atoms with van der Waals surface area (Å²) >= 11 is 6.45. The molecule has 0 aromatic rings. The zero-order chi connectivity index (χ0) is 12.3. The molecule has 4 rings (SSSR count). The number of hydrazine groups is 6. The first-order valence-electron chi connectivity index (χ1n) is 6.49. The monoisotopic (exact) mass is 274 g/mol. The van der Waals surface area contributed by atoms with Crippen LogP contribution in [0, 0.1) is 5.92 Å². The summed E-state index contributed by atoms with van der Waals surface area (Å²) in [6, 6.07) is 0.828. The van der Waals surface area contributed by atoms with Crippen molar-refractivity contribution in [1.82, 2.24) is 43.0 Å². The van der Waals surface area contributed by atoms with Crippen LogP contribution in [0.2, 0.25) is 0 Å². The smallest absolute Gasteiger partial charge is 0.120 e. The second kappa shape index (κ2) is 4.23. The molecule has 6 N–H and O–H groups in total. The third-order valence-corrected chi connectivity index (χ3v) is 5.17. The summed E-state index contributed by atoms with van der Waals surface area (Å²) in [5.74, 6) is 0.538. The van der Waals surface area contributed by atoms with Crippen molar-refractivity contribution in [2.24, 2.45) is 5.92 Å². The predicted octanol–water partition coefficient (Wildman–Crippen LogP) is -1.91. The van der Waals surface area contributed by atoms with Crippen LogP contribution in [0.5, 0.6) is 0 Å². The number of nitrogens with one attached hydrogen (secondary N) is 6. The van der Waals surface area contributed by atoms with Gasteiger partial charge in [0.05, 0.1) is 0 Å². The molecule has 102 valence electrons. The standard InChI is InChI=1S/C9H19ClN8/c1-4-2-6-7(3-5(4)10)18-9(12-14-16-18)8-11-13-15-17(6)8/h4-9,11-16H,2-3H2,1H3. The molecule has 1 saturated carbocycles. The number of nitrogens with zero attached hydrogens (tertiary/aromatic N) is 2. The molecule has 0 bridgehead atoms. The Morgan fingerprint density at radius 3 is 2.11 bits per heavy atom. The third kappa shape index (κ3) is 1.56. The Labute approximate surface area is 111 Å². The molecule has 4 aliphatic rings. The number of alkyl halides is 1. The maximum Gasteiger partial charge on any atom is 0.120 e. The highest BCUT2D eigenvalue weighted by molar-refractivity contribution is 6.20. The van der Waals surface area contributed by atoms with Gasteiger partial charge in [-0.1, -0.05) is 6.92 Å². The van der Waals surface area contributed by atoms with Gasteiger partial charge in [-0.2, -0.15) is 22.1 Å². The van der Waals surface area contributed by atoms with Crippen LogP contribution in [-0.2, 0) is 0 Å². The summed E-state index contributed by atoms with van der Waals surface area (Å²) in [6.45, 7) is 2.24. The Kier molecular flexibility index (Phi) is 2.77. The molecule has 6 atom stereocenters. The molecule has 8 nitrogen and oxygen atoms in total. The summed E-state index contributed by atoms with van der Waals surface area (Å²) < 4.78 is 0. The number of piperazine rings is 1. The van der Waals surface area contributed by atoms with Crippen LogP contribution in [0.3, 0.4) is 0 Å². The van der Waals surface area contributed by atoms with E-state index in [0.717, 1.165) is 12.8 Å². The third-order valence-electron chi connectivity index (χ3n) is 4.56. The highest BCUT2D eigenvalue weighted by Crippen LogP contribution is 2.38. The van der Waals surface area contributed by atoms with Crippen LogP contribution < -0.4 is 33.0 Å². The molecule has 0 aromatic carbocycles. The topological polar surface area (TPSA) is 78.7 Å². The number of fused-ring (bicyclic) bond motifs is 6. The van der Waals surface area contributed by atoms with Crippen LogP contribution in [0.1, 0.15) is 19.8 Å². The molecule has 3 saturated heterocycles. The minimum atomic E-state index is 0.158. The van der Waals surface area contributed by atoms with Gasteiger partial charge in [-0.25, -0.2) is 20.9 Å². The molecule has 1 aliphatic carbocycles. The molecule has 18 heavy (non-hydrogen) atoms. The van der Waals surface area contributed by atoms with Gasteiger partial charge >= 0.3 is 0 Å². The lowest BCUT2D eigenvalue weighted by atomic mass is 9.80. The Morgan fingerprint density at radius 1 is 0.944 bits per heavy atom. The van der Waals surface area contributed by atoms with Gasteiger partial charge in [0, 0.05) is 17.5 Å². The Morgan fingerprint density at radius 2 is 1.50 bits per heavy atom. The van der Waals surface area contributed by atoms with E-state index in [-0.39, 0.29) is 17.7 Å². The first-order chi connectivity index (χ1) is 8.75. The van der Waals surface area contributed by atoms with E-state index in [1.54, 1.807) is 0 Å². The van der Waals surface area contributed by atoms with Crippen LogP contribution in [-0.4, -0.2) is 39.8 Å². The van der Waals surface area contributed by atoms with Gasteiger partial charge in [0.25, 0.3) is 0 Å². The lowest BCUT2D eigenvalue weighted by Gasteiger charge is -2.52. The second-order valence-corrected chi connectivity index (χ2v) is 6.13. The number of halogens is 1. The summed E-state index contributed by atoms with van der Waals surface area (Å²) in [6.07, 6.45) is 2.42. The zero-order valence-electron chi connectivity index (χ0n) is 10.2. The predicted molar refractivity (Wildman–Crippen MR) is 65.7 cm³/mol. The molecule has 6 unspecified atom stereocenters. The SMILES string of the molecule is CC1CC2C(CC1Cl)N1NNNC1C1NNNN21. The largest absolute Gasteiger partial charge is 0.221 e. The number of rotatable bonds is 0. The van der Waals surface area contributed by atoms with Crippen LogP contribution in [0.15, 0.2) is 0 Å². The Bertz CT molecular complexity index is 311. The summed E-state index contributed by atoms with van der Waals surface area (Å²) in [4.78, 5) is 0. The Balaban J connectivity index is 1.66. The van der Waals surface area contributed by atoms with Gasteiger partial charge in [0.2, 0.25) is 0 Å². The van der Waals surface area contributed by atoms with E-state index in [1.165, 1.54) is 0 Å². The van der Waals surface area contributed by atoms with E-state index in [4.69, 9.17) is 11.6 Å². The highest BCUT2D eigenvalue weighted by atomic mass is 35.5. The maximum atomic E-state index is 6.45. The fourth-order valence-electron chi connectivity index (χ4n) is 3.56. The molecular formula is C9H19ClN8. The van der Waals surface area contributed by atoms with Gasteiger partial charge in [0.1, 0.15) is 12.3 Å². The van der Waals surface area contributed by atoms with E-state index in [1.807, 2.05) is 0 Å². The van der Waals surface area contributed by atoms with Crippen molar-refractivity contribution < 1.29 is 0 Å². The van der Waals surface area contributed by atoms with Crippen LogP contribution in [0.4, 0.5) is 0 Å². The fourth-order valence-corrected chi connectivity index (χ4v) is 3.85. The van der Waals surface area contributed by atoms with Crippen molar-refractivity contribution in [3.63, 3.8) is 0 Å². The molecule has 9 heteroatoms. The summed E-state index contributed by atoms with van der Waals surface area (Å²) in [7, 11) is 0.